The molecule has 0 saturated carbocycles. The number of benzene rings is 1. The molecule has 1 N–H and O–H groups in total. The van der Waals surface area contributed by atoms with E-state index in [0.29, 0.717) is 18.7 Å². The Morgan fingerprint density at radius 2 is 1.96 bits per heavy atom. The van der Waals surface area contributed by atoms with Gasteiger partial charge in [0.2, 0.25) is 5.91 Å². The average Bonchev–Trinajstić information content (AvgIpc) is 3.05. The molecule has 1 saturated heterocycles. The molecule has 1 fully saturated rings. The summed E-state index contributed by atoms with van der Waals surface area (Å²) in [7, 11) is 0. The SMILES string of the molecule is CC(=O)N1CCc2cc(C(=O)NCCCCN3CCOCC3)ccc21. The van der Waals surface area contributed by atoms with E-state index in [0.717, 1.165) is 63.4 Å². The number of rotatable bonds is 6. The molecule has 25 heavy (non-hydrogen) atoms. The molecular weight excluding hydrogens is 318 g/mol. The molecular formula is C19H27N3O3. The van der Waals surface area contributed by atoms with Crippen LogP contribution in [0.15, 0.2) is 18.2 Å². The van der Waals surface area contributed by atoms with Crippen molar-refractivity contribution in [3.05, 3.63) is 29.3 Å². The number of amides is 2. The number of hydrogen-bond acceptors (Lipinski definition) is 4. The molecule has 6 nitrogen and oxygen atoms in total. The molecule has 0 unspecified atom stereocenters. The minimum absolute atomic E-state index is 0.0320. The second kappa shape index (κ2) is 8.45. The number of fused-ring (bicyclic) bond motifs is 1. The molecule has 136 valence electrons. The number of nitrogens with zero attached hydrogens (tertiary/aromatic N) is 2. The first-order valence-electron chi connectivity index (χ1n) is 9.14. The number of hydrogen-bond donors (Lipinski definition) is 1. The molecule has 0 bridgehead atoms. The Bertz CT molecular complexity index is 626. The molecule has 0 aromatic heterocycles. The molecule has 6 heteroatoms. The Hall–Kier alpha value is -1.92. The van der Waals surface area contributed by atoms with E-state index in [1.54, 1.807) is 11.8 Å². The topological polar surface area (TPSA) is 61.9 Å². The first kappa shape index (κ1) is 17.9. The lowest BCUT2D eigenvalue weighted by molar-refractivity contribution is -0.116. The third-order valence-corrected chi connectivity index (χ3v) is 4.91. The van der Waals surface area contributed by atoms with Crippen molar-refractivity contribution >= 4 is 17.5 Å². The largest absolute Gasteiger partial charge is 0.379 e. The highest BCUT2D eigenvalue weighted by Crippen LogP contribution is 2.28. The van der Waals surface area contributed by atoms with Gasteiger partial charge in [-0.2, -0.15) is 0 Å². The summed E-state index contributed by atoms with van der Waals surface area (Å²) in [6.07, 6.45) is 2.87. The average molecular weight is 345 g/mol. The van der Waals surface area contributed by atoms with E-state index in [9.17, 15) is 9.59 Å². The first-order chi connectivity index (χ1) is 12.1. The van der Waals surface area contributed by atoms with Gasteiger partial charge < -0.3 is 15.0 Å². The van der Waals surface area contributed by atoms with Crippen LogP contribution in [0.4, 0.5) is 5.69 Å². The fourth-order valence-corrected chi connectivity index (χ4v) is 3.46. The highest BCUT2D eigenvalue weighted by molar-refractivity contribution is 5.97. The van der Waals surface area contributed by atoms with Crippen LogP contribution in [-0.4, -0.2) is 62.7 Å². The smallest absolute Gasteiger partial charge is 0.251 e. The van der Waals surface area contributed by atoms with Gasteiger partial charge in [-0.15, -0.1) is 0 Å². The van der Waals surface area contributed by atoms with Crippen LogP contribution in [0.1, 0.15) is 35.7 Å². The maximum atomic E-state index is 12.3. The van der Waals surface area contributed by atoms with Crippen LogP contribution in [0.2, 0.25) is 0 Å². The second-order valence-corrected chi connectivity index (χ2v) is 6.68. The van der Waals surface area contributed by atoms with Crippen molar-refractivity contribution in [1.29, 1.82) is 0 Å². The molecule has 0 aliphatic carbocycles. The number of unbranched alkanes of at least 4 members (excludes halogenated alkanes) is 1. The molecule has 0 radical (unpaired) electrons. The van der Waals surface area contributed by atoms with E-state index in [1.165, 1.54) is 0 Å². The molecule has 1 aromatic carbocycles. The lowest BCUT2D eigenvalue weighted by atomic mass is 10.1. The van der Waals surface area contributed by atoms with Crippen LogP contribution in [0.3, 0.4) is 0 Å². The number of morpholine rings is 1. The lowest BCUT2D eigenvalue weighted by Gasteiger charge is -2.26. The van der Waals surface area contributed by atoms with E-state index >= 15 is 0 Å². The predicted octanol–water partition coefficient (Wildman–Crippen LogP) is 1.44. The Labute approximate surface area is 149 Å². The standard InChI is InChI=1S/C19H27N3O3/c1-15(23)22-9-6-16-14-17(4-5-18(16)22)19(24)20-7-2-3-8-21-10-12-25-13-11-21/h4-5,14H,2-3,6-13H2,1H3,(H,20,24). The van der Waals surface area contributed by atoms with Crippen LogP contribution >= 0.6 is 0 Å². The van der Waals surface area contributed by atoms with Crippen molar-refractivity contribution in [2.24, 2.45) is 0 Å². The Balaban J connectivity index is 1.42. The molecule has 0 spiro atoms. The van der Waals surface area contributed by atoms with Gasteiger partial charge in [0.1, 0.15) is 0 Å². The zero-order chi connectivity index (χ0) is 17.6. The van der Waals surface area contributed by atoms with Crippen molar-refractivity contribution in [2.45, 2.75) is 26.2 Å². The fourth-order valence-electron chi connectivity index (χ4n) is 3.46. The Morgan fingerprint density at radius 1 is 1.16 bits per heavy atom. The third-order valence-electron chi connectivity index (χ3n) is 4.91. The minimum atomic E-state index is -0.0320. The van der Waals surface area contributed by atoms with Gasteiger partial charge in [-0.3, -0.25) is 14.5 Å². The fraction of sp³-hybridized carbons (Fsp3) is 0.579. The molecule has 0 atom stereocenters. The van der Waals surface area contributed by atoms with Crippen molar-refractivity contribution < 1.29 is 14.3 Å². The highest BCUT2D eigenvalue weighted by Gasteiger charge is 2.23. The van der Waals surface area contributed by atoms with Gasteiger partial charge in [0.05, 0.1) is 13.2 Å². The highest BCUT2D eigenvalue weighted by atomic mass is 16.5. The number of ether oxygens (including phenoxy) is 1. The van der Waals surface area contributed by atoms with Gasteiger partial charge in [0.15, 0.2) is 0 Å². The summed E-state index contributed by atoms with van der Waals surface area (Å²) in [5, 5.41) is 3.00. The van der Waals surface area contributed by atoms with Crippen LogP contribution in [0, 0.1) is 0 Å². The van der Waals surface area contributed by atoms with Crippen molar-refractivity contribution in [3.63, 3.8) is 0 Å². The van der Waals surface area contributed by atoms with E-state index < -0.39 is 0 Å². The Morgan fingerprint density at radius 3 is 2.72 bits per heavy atom. The maximum absolute atomic E-state index is 12.3. The van der Waals surface area contributed by atoms with E-state index in [2.05, 4.69) is 10.2 Å². The number of carbonyl (C=O) groups excluding carboxylic acids is 2. The van der Waals surface area contributed by atoms with Crippen molar-refractivity contribution in [2.75, 3.05) is 50.8 Å². The third kappa shape index (κ3) is 4.58. The normalized spacial score (nSPS) is 17.4. The number of carbonyl (C=O) groups is 2. The molecule has 2 heterocycles. The van der Waals surface area contributed by atoms with Gasteiger partial charge in [-0.25, -0.2) is 0 Å². The summed E-state index contributed by atoms with van der Waals surface area (Å²) in [5.41, 5.74) is 2.70. The van der Waals surface area contributed by atoms with Gasteiger partial charge in [-0.05, 0) is 49.6 Å². The van der Waals surface area contributed by atoms with Gasteiger partial charge in [0, 0.05) is 44.4 Å². The summed E-state index contributed by atoms with van der Waals surface area (Å²) in [4.78, 5) is 28.1. The summed E-state index contributed by atoms with van der Waals surface area (Å²) in [6.45, 7) is 7.73. The quantitative estimate of drug-likeness (QED) is 0.793. The van der Waals surface area contributed by atoms with Crippen LogP contribution in [0.5, 0.6) is 0 Å². The predicted molar refractivity (Wildman–Crippen MR) is 97.0 cm³/mol. The van der Waals surface area contributed by atoms with E-state index in [-0.39, 0.29) is 11.8 Å². The molecule has 2 aliphatic rings. The Kier molecular flexibility index (Phi) is 6.04. The van der Waals surface area contributed by atoms with Crippen molar-refractivity contribution in [3.8, 4) is 0 Å². The van der Waals surface area contributed by atoms with Gasteiger partial charge in [0.25, 0.3) is 5.91 Å². The summed E-state index contributed by atoms with van der Waals surface area (Å²) >= 11 is 0. The van der Waals surface area contributed by atoms with E-state index in [4.69, 9.17) is 4.74 Å². The summed E-state index contributed by atoms with van der Waals surface area (Å²) < 4.78 is 5.34. The zero-order valence-electron chi connectivity index (χ0n) is 14.9. The number of nitrogens with one attached hydrogen (secondary N) is 1. The maximum Gasteiger partial charge on any atom is 0.251 e. The van der Waals surface area contributed by atoms with Crippen LogP contribution in [-0.2, 0) is 16.0 Å². The van der Waals surface area contributed by atoms with Crippen LogP contribution in [0.25, 0.3) is 0 Å². The van der Waals surface area contributed by atoms with Crippen LogP contribution < -0.4 is 10.2 Å². The molecule has 2 amide bonds. The summed E-state index contributed by atoms with van der Waals surface area (Å²) in [5.74, 6) is 0.0201. The lowest BCUT2D eigenvalue weighted by Crippen LogP contribution is -2.37. The van der Waals surface area contributed by atoms with Gasteiger partial charge >= 0.3 is 0 Å². The minimum Gasteiger partial charge on any atom is -0.379 e. The second-order valence-electron chi connectivity index (χ2n) is 6.68. The van der Waals surface area contributed by atoms with Crippen molar-refractivity contribution in [1.82, 2.24) is 10.2 Å². The summed E-state index contributed by atoms with van der Waals surface area (Å²) in [6, 6.07) is 5.61. The molecule has 1 aromatic rings. The number of anilines is 1. The zero-order valence-corrected chi connectivity index (χ0v) is 14.9. The van der Waals surface area contributed by atoms with Gasteiger partial charge in [-0.1, -0.05) is 0 Å². The van der Waals surface area contributed by atoms with E-state index in [1.807, 2.05) is 18.2 Å². The monoisotopic (exact) mass is 345 g/mol. The molecule has 2 aliphatic heterocycles. The molecule has 3 rings (SSSR count). The first-order valence-corrected chi connectivity index (χ1v) is 9.14.